The Morgan fingerprint density at radius 1 is 1.15 bits per heavy atom. The molecule has 142 valence electrons. The second-order valence-electron chi connectivity index (χ2n) is 6.98. The predicted molar refractivity (Wildman–Crippen MR) is 104 cm³/mol. The zero-order valence-corrected chi connectivity index (χ0v) is 15.6. The van der Waals surface area contributed by atoms with Crippen molar-refractivity contribution in [3.05, 3.63) is 66.0 Å². The van der Waals surface area contributed by atoms with Gasteiger partial charge >= 0.3 is 0 Å². The number of nitrogens with one attached hydrogen (secondary N) is 2. The molecular formula is C21H26N4O2. The molecule has 6 heteroatoms. The van der Waals surface area contributed by atoms with Crippen LogP contribution in [0.1, 0.15) is 35.7 Å². The Kier molecular flexibility index (Phi) is 6.54. The summed E-state index contributed by atoms with van der Waals surface area (Å²) in [6, 6.07) is 13.4. The smallest absolute Gasteiger partial charge is 0.253 e. The largest absolute Gasteiger partial charge is 0.351 e. The van der Waals surface area contributed by atoms with Gasteiger partial charge in [0.2, 0.25) is 5.91 Å². The molecule has 27 heavy (non-hydrogen) atoms. The maximum Gasteiger partial charge on any atom is 0.253 e. The maximum atomic E-state index is 12.4. The Morgan fingerprint density at radius 2 is 1.89 bits per heavy atom. The lowest BCUT2D eigenvalue weighted by molar-refractivity contribution is -0.123. The van der Waals surface area contributed by atoms with Crippen molar-refractivity contribution in [2.24, 2.45) is 0 Å². The van der Waals surface area contributed by atoms with Crippen LogP contribution in [0.5, 0.6) is 0 Å². The molecular weight excluding hydrogens is 340 g/mol. The number of carbonyl (C=O) groups excluding carboxylic acids is 2. The molecule has 0 bridgehead atoms. The summed E-state index contributed by atoms with van der Waals surface area (Å²) < 4.78 is 0. The van der Waals surface area contributed by atoms with Crippen LogP contribution < -0.4 is 10.6 Å². The fourth-order valence-corrected chi connectivity index (χ4v) is 3.25. The first-order chi connectivity index (χ1) is 13.1. The number of amides is 2. The molecule has 0 saturated carbocycles. The lowest BCUT2D eigenvalue weighted by atomic mass is 10.0. The average Bonchev–Trinajstić information content (AvgIpc) is 2.71. The quantitative estimate of drug-likeness (QED) is 0.820. The van der Waals surface area contributed by atoms with Gasteiger partial charge in [0.1, 0.15) is 6.04 Å². The van der Waals surface area contributed by atoms with Gasteiger partial charge < -0.3 is 10.6 Å². The van der Waals surface area contributed by atoms with Crippen LogP contribution in [0.3, 0.4) is 0 Å². The highest BCUT2D eigenvalue weighted by atomic mass is 16.2. The third-order valence-electron chi connectivity index (χ3n) is 4.85. The van der Waals surface area contributed by atoms with E-state index in [2.05, 4.69) is 44.8 Å². The third-order valence-corrected chi connectivity index (χ3v) is 4.85. The first-order valence-electron chi connectivity index (χ1n) is 9.39. The molecule has 2 heterocycles. The van der Waals surface area contributed by atoms with E-state index in [1.54, 1.807) is 25.3 Å². The highest BCUT2D eigenvalue weighted by molar-refractivity contribution is 5.97. The van der Waals surface area contributed by atoms with Crippen LogP contribution in [0, 0.1) is 0 Å². The summed E-state index contributed by atoms with van der Waals surface area (Å²) in [5, 5.41) is 5.79. The molecule has 1 fully saturated rings. The van der Waals surface area contributed by atoms with Gasteiger partial charge in [0, 0.05) is 38.1 Å². The predicted octanol–water partition coefficient (Wildman–Crippen LogP) is 1.98. The van der Waals surface area contributed by atoms with Crippen LogP contribution in [0.4, 0.5) is 0 Å². The summed E-state index contributed by atoms with van der Waals surface area (Å²) in [7, 11) is 0. The summed E-state index contributed by atoms with van der Waals surface area (Å²) in [5.41, 5.74) is 1.76. The van der Waals surface area contributed by atoms with Crippen molar-refractivity contribution >= 4 is 11.8 Å². The SMILES string of the molecule is C[C@@H](NC(=O)c1cccnc1)C(=O)NC1CCN(Cc2ccccc2)CC1. The molecule has 3 rings (SSSR count). The van der Waals surface area contributed by atoms with Crippen molar-refractivity contribution in [1.29, 1.82) is 0 Å². The van der Waals surface area contributed by atoms with Gasteiger partial charge in [-0.15, -0.1) is 0 Å². The Labute approximate surface area is 160 Å². The van der Waals surface area contributed by atoms with Gasteiger partial charge in [-0.25, -0.2) is 0 Å². The van der Waals surface area contributed by atoms with Crippen molar-refractivity contribution in [2.75, 3.05) is 13.1 Å². The molecule has 1 atom stereocenters. The van der Waals surface area contributed by atoms with E-state index in [1.807, 2.05) is 6.07 Å². The van der Waals surface area contributed by atoms with Crippen molar-refractivity contribution in [3.8, 4) is 0 Å². The van der Waals surface area contributed by atoms with Gasteiger partial charge in [-0.05, 0) is 37.5 Å². The molecule has 1 aliphatic rings. The monoisotopic (exact) mass is 366 g/mol. The first-order valence-corrected chi connectivity index (χ1v) is 9.39. The maximum absolute atomic E-state index is 12.4. The molecule has 2 amide bonds. The molecule has 1 saturated heterocycles. The highest BCUT2D eigenvalue weighted by Gasteiger charge is 2.23. The van der Waals surface area contributed by atoms with E-state index in [4.69, 9.17) is 0 Å². The zero-order valence-electron chi connectivity index (χ0n) is 15.6. The molecule has 1 aromatic carbocycles. The lowest BCUT2D eigenvalue weighted by Crippen LogP contribution is -2.51. The summed E-state index contributed by atoms with van der Waals surface area (Å²) in [4.78, 5) is 30.9. The van der Waals surface area contributed by atoms with Gasteiger partial charge in [-0.1, -0.05) is 30.3 Å². The number of aromatic nitrogens is 1. The Balaban J connectivity index is 1.41. The van der Waals surface area contributed by atoms with Crippen LogP contribution in [0.2, 0.25) is 0 Å². The number of hydrogen-bond donors (Lipinski definition) is 2. The number of pyridine rings is 1. The number of hydrogen-bond acceptors (Lipinski definition) is 4. The number of nitrogens with zero attached hydrogens (tertiary/aromatic N) is 2. The van der Waals surface area contributed by atoms with Crippen LogP contribution >= 0.6 is 0 Å². The average molecular weight is 366 g/mol. The first kappa shape index (κ1) is 19.0. The summed E-state index contributed by atoms with van der Waals surface area (Å²) in [6.07, 6.45) is 4.93. The molecule has 2 aromatic rings. The number of benzene rings is 1. The second-order valence-corrected chi connectivity index (χ2v) is 6.98. The zero-order chi connectivity index (χ0) is 19.1. The van der Waals surface area contributed by atoms with Gasteiger partial charge in [-0.2, -0.15) is 0 Å². The standard InChI is InChI=1S/C21H26N4O2/c1-16(23-21(27)18-8-5-11-22-14-18)20(26)24-19-9-12-25(13-10-19)15-17-6-3-2-4-7-17/h2-8,11,14,16,19H,9-10,12-13,15H2,1H3,(H,23,27)(H,24,26)/t16-/m1/s1. The van der Waals surface area contributed by atoms with E-state index in [-0.39, 0.29) is 17.9 Å². The molecule has 1 aromatic heterocycles. The van der Waals surface area contributed by atoms with Crippen LogP contribution in [-0.4, -0.2) is 46.9 Å². The van der Waals surface area contributed by atoms with Crippen molar-refractivity contribution in [2.45, 2.75) is 38.4 Å². The number of rotatable bonds is 6. The van der Waals surface area contributed by atoms with Crippen molar-refractivity contribution in [1.82, 2.24) is 20.5 Å². The summed E-state index contributed by atoms with van der Waals surface area (Å²) >= 11 is 0. The molecule has 0 radical (unpaired) electrons. The highest BCUT2D eigenvalue weighted by Crippen LogP contribution is 2.14. The minimum atomic E-state index is -0.583. The Bertz CT molecular complexity index is 743. The molecule has 0 unspecified atom stereocenters. The Hall–Kier alpha value is -2.73. The third kappa shape index (κ3) is 5.62. The van der Waals surface area contributed by atoms with Crippen molar-refractivity contribution < 1.29 is 9.59 Å². The minimum absolute atomic E-state index is 0.145. The number of likely N-dealkylation sites (tertiary alicyclic amines) is 1. The fourth-order valence-electron chi connectivity index (χ4n) is 3.25. The molecule has 1 aliphatic heterocycles. The van der Waals surface area contributed by atoms with Gasteiger partial charge in [0.15, 0.2) is 0 Å². The van der Waals surface area contributed by atoms with E-state index in [1.165, 1.54) is 11.8 Å². The van der Waals surface area contributed by atoms with Gasteiger partial charge in [0.25, 0.3) is 5.91 Å². The normalized spacial score (nSPS) is 16.5. The summed E-state index contributed by atoms with van der Waals surface area (Å²) in [6.45, 7) is 4.56. The lowest BCUT2D eigenvalue weighted by Gasteiger charge is -2.33. The van der Waals surface area contributed by atoms with Crippen molar-refractivity contribution in [3.63, 3.8) is 0 Å². The van der Waals surface area contributed by atoms with E-state index in [0.29, 0.717) is 5.56 Å². The molecule has 0 aliphatic carbocycles. The second kappa shape index (κ2) is 9.28. The fraction of sp³-hybridized carbons (Fsp3) is 0.381. The summed E-state index contributed by atoms with van der Waals surface area (Å²) in [5.74, 6) is -0.433. The van der Waals surface area contributed by atoms with Gasteiger partial charge in [-0.3, -0.25) is 19.5 Å². The molecule has 6 nitrogen and oxygen atoms in total. The van der Waals surface area contributed by atoms with Gasteiger partial charge in [0.05, 0.1) is 5.56 Å². The molecule has 2 N–H and O–H groups in total. The minimum Gasteiger partial charge on any atom is -0.351 e. The van der Waals surface area contributed by atoms with Crippen LogP contribution in [0.15, 0.2) is 54.9 Å². The van der Waals surface area contributed by atoms with E-state index in [0.717, 1.165) is 32.5 Å². The van der Waals surface area contributed by atoms with E-state index < -0.39 is 6.04 Å². The number of piperidine rings is 1. The number of carbonyl (C=O) groups is 2. The topological polar surface area (TPSA) is 74.3 Å². The Morgan fingerprint density at radius 3 is 2.56 bits per heavy atom. The van der Waals surface area contributed by atoms with Crippen LogP contribution in [-0.2, 0) is 11.3 Å². The van der Waals surface area contributed by atoms with E-state index in [9.17, 15) is 9.59 Å². The van der Waals surface area contributed by atoms with Crippen LogP contribution in [0.25, 0.3) is 0 Å². The molecule has 0 spiro atoms. The van der Waals surface area contributed by atoms with E-state index >= 15 is 0 Å².